The molecule has 0 amide bonds. The van der Waals surface area contributed by atoms with Gasteiger partial charge in [0.25, 0.3) is 0 Å². The van der Waals surface area contributed by atoms with Crippen LogP contribution in [0.2, 0.25) is 0 Å². The zero-order valence-electron chi connectivity index (χ0n) is 9.80. The summed E-state index contributed by atoms with van der Waals surface area (Å²) in [6, 6.07) is 16.8. The highest BCUT2D eigenvalue weighted by Gasteiger charge is 2.22. The largest absolute Gasteiger partial charge is 0.491 e. The molecule has 0 saturated carbocycles. The molecule has 0 saturated heterocycles. The van der Waals surface area contributed by atoms with Gasteiger partial charge in [-0.3, -0.25) is 0 Å². The average molecular weight is 368 g/mol. The highest BCUT2D eigenvalue weighted by Crippen LogP contribution is 2.37. The molecule has 0 aliphatic carbocycles. The van der Waals surface area contributed by atoms with E-state index in [0.717, 1.165) is 18.8 Å². The Bertz CT molecular complexity index is 531. The van der Waals surface area contributed by atoms with Gasteiger partial charge in [0.05, 0.1) is 3.57 Å². The maximum Gasteiger partial charge on any atom is 0.132 e. The van der Waals surface area contributed by atoms with Crippen molar-refractivity contribution in [3.8, 4) is 5.75 Å². The van der Waals surface area contributed by atoms with Gasteiger partial charge in [-0.25, -0.2) is 0 Å². The van der Waals surface area contributed by atoms with Crippen LogP contribution >= 0.6 is 34.4 Å². The molecule has 0 radical (unpaired) electrons. The Hall–Kier alpha value is -0.680. The van der Waals surface area contributed by atoms with Crippen molar-refractivity contribution in [3.63, 3.8) is 0 Å². The van der Waals surface area contributed by atoms with Gasteiger partial charge < -0.3 is 4.74 Å². The molecule has 1 nitrogen and oxygen atoms in total. The molecule has 18 heavy (non-hydrogen) atoms. The predicted octanol–water partition coefficient (Wildman–Crippen LogP) is 4.39. The van der Waals surface area contributed by atoms with Crippen molar-refractivity contribution >= 4 is 34.4 Å². The van der Waals surface area contributed by atoms with Gasteiger partial charge >= 0.3 is 0 Å². The number of rotatable bonds is 3. The summed E-state index contributed by atoms with van der Waals surface area (Å²) < 4.78 is 7.10. The van der Waals surface area contributed by atoms with Crippen LogP contribution in [0.5, 0.6) is 5.75 Å². The first kappa shape index (κ1) is 12.4. The Morgan fingerprint density at radius 1 is 1.11 bits per heavy atom. The smallest absolute Gasteiger partial charge is 0.132 e. The zero-order chi connectivity index (χ0) is 12.4. The molecule has 92 valence electrons. The lowest BCUT2D eigenvalue weighted by molar-refractivity contribution is 0.315. The van der Waals surface area contributed by atoms with Gasteiger partial charge in [-0.05, 0) is 52.8 Å². The van der Waals surface area contributed by atoms with E-state index >= 15 is 0 Å². The van der Waals surface area contributed by atoms with E-state index in [-0.39, 0.29) is 0 Å². The normalized spacial score (nSPS) is 17.5. The van der Waals surface area contributed by atoms with Crippen LogP contribution in [0.15, 0.2) is 53.4 Å². The van der Waals surface area contributed by atoms with Gasteiger partial charge in [0.2, 0.25) is 0 Å². The van der Waals surface area contributed by atoms with E-state index in [2.05, 4.69) is 52.9 Å². The molecular formula is C15H13IOS. The van der Waals surface area contributed by atoms with Crippen LogP contribution in [0, 0.1) is 3.57 Å². The summed E-state index contributed by atoms with van der Waals surface area (Å²) in [5.41, 5.74) is 1.46. The number of hydrogen-bond donors (Lipinski definition) is 0. The van der Waals surface area contributed by atoms with Crippen LogP contribution < -0.4 is 4.74 Å². The number of benzene rings is 2. The maximum absolute atomic E-state index is 5.92. The van der Waals surface area contributed by atoms with E-state index in [4.69, 9.17) is 4.74 Å². The van der Waals surface area contributed by atoms with Crippen molar-refractivity contribution in [2.45, 2.75) is 16.6 Å². The summed E-state index contributed by atoms with van der Waals surface area (Å²) in [5.74, 6) is 0.995. The SMILES string of the molecule is Ic1ccccc1OCC1Cc2ccccc2S1. The first-order valence-electron chi connectivity index (χ1n) is 5.95. The highest BCUT2D eigenvalue weighted by atomic mass is 127. The molecule has 3 rings (SSSR count). The molecular weight excluding hydrogens is 355 g/mol. The minimum atomic E-state index is 0.540. The Labute approximate surface area is 125 Å². The number of fused-ring (bicyclic) bond motifs is 1. The second-order valence-electron chi connectivity index (χ2n) is 4.29. The fraction of sp³-hybridized carbons (Fsp3) is 0.200. The average Bonchev–Trinajstić information content (AvgIpc) is 2.80. The lowest BCUT2D eigenvalue weighted by Crippen LogP contribution is -2.13. The summed E-state index contributed by atoms with van der Waals surface area (Å²) in [7, 11) is 0. The first-order valence-corrected chi connectivity index (χ1v) is 7.90. The molecule has 1 aliphatic rings. The second kappa shape index (κ2) is 5.53. The molecule has 0 N–H and O–H groups in total. The van der Waals surface area contributed by atoms with E-state index in [0.29, 0.717) is 5.25 Å². The third-order valence-electron chi connectivity index (χ3n) is 2.98. The fourth-order valence-corrected chi connectivity index (χ4v) is 3.85. The van der Waals surface area contributed by atoms with Crippen molar-refractivity contribution in [2.24, 2.45) is 0 Å². The molecule has 0 spiro atoms. The van der Waals surface area contributed by atoms with E-state index in [1.165, 1.54) is 14.0 Å². The van der Waals surface area contributed by atoms with E-state index in [9.17, 15) is 0 Å². The van der Waals surface area contributed by atoms with Gasteiger partial charge in [0.15, 0.2) is 0 Å². The molecule has 1 unspecified atom stereocenters. The molecule has 1 aliphatic heterocycles. The van der Waals surface area contributed by atoms with Gasteiger partial charge in [0.1, 0.15) is 12.4 Å². The number of hydrogen-bond acceptors (Lipinski definition) is 2. The Morgan fingerprint density at radius 2 is 1.89 bits per heavy atom. The summed E-state index contributed by atoms with van der Waals surface area (Å²) in [6.07, 6.45) is 1.12. The van der Waals surface area contributed by atoms with Crippen molar-refractivity contribution < 1.29 is 4.74 Å². The van der Waals surface area contributed by atoms with Crippen LogP contribution in [-0.2, 0) is 6.42 Å². The van der Waals surface area contributed by atoms with Crippen LogP contribution in [0.1, 0.15) is 5.56 Å². The summed E-state index contributed by atoms with van der Waals surface area (Å²) in [5, 5.41) is 0.540. The number of thioether (sulfide) groups is 1. The Balaban J connectivity index is 1.62. The van der Waals surface area contributed by atoms with Crippen LogP contribution in [0.4, 0.5) is 0 Å². The van der Waals surface area contributed by atoms with Gasteiger partial charge in [-0.1, -0.05) is 30.3 Å². The summed E-state index contributed by atoms with van der Waals surface area (Å²) >= 11 is 4.25. The molecule has 2 aromatic rings. The topological polar surface area (TPSA) is 9.23 Å². The highest BCUT2D eigenvalue weighted by molar-refractivity contribution is 14.1. The maximum atomic E-state index is 5.92. The lowest BCUT2D eigenvalue weighted by Gasteiger charge is -2.12. The monoisotopic (exact) mass is 368 g/mol. The van der Waals surface area contributed by atoms with Gasteiger partial charge in [-0.15, -0.1) is 11.8 Å². The third kappa shape index (κ3) is 2.67. The van der Waals surface area contributed by atoms with Crippen molar-refractivity contribution in [1.82, 2.24) is 0 Å². The Kier molecular flexibility index (Phi) is 3.80. The van der Waals surface area contributed by atoms with Crippen molar-refractivity contribution in [1.29, 1.82) is 0 Å². The summed E-state index contributed by atoms with van der Waals surface area (Å²) in [4.78, 5) is 1.41. The van der Waals surface area contributed by atoms with E-state index in [1.54, 1.807) is 0 Å². The zero-order valence-corrected chi connectivity index (χ0v) is 12.8. The molecule has 2 aromatic carbocycles. The van der Waals surface area contributed by atoms with E-state index < -0.39 is 0 Å². The quantitative estimate of drug-likeness (QED) is 0.744. The van der Waals surface area contributed by atoms with Crippen molar-refractivity contribution in [3.05, 3.63) is 57.7 Å². The molecule has 1 heterocycles. The number of halogens is 1. The predicted molar refractivity (Wildman–Crippen MR) is 84.4 cm³/mol. The number of para-hydroxylation sites is 1. The van der Waals surface area contributed by atoms with Gasteiger partial charge in [-0.2, -0.15) is 0 Å². The molecule has 0 fully saturated rings. The summed E-state index contributed by atoms with van der Waals surface area (Å²) in [6.45, 7) is 0.777. The van der Waals surface area contributed by atoms with Crippen LogP contribution in [0.3, 0.4) is 0 Å². The second-order valence-corrected chi connectivity index (χ2v) is 6.80. The van der Waals surface area contributed by atoms with E-state index in [1.807, 2.05) is 30.0 Å². The molecule has 0 bridgehead atoms. The molecule has 3 heteroatoms. The fourth-order valence-electron chi connectivity index (χ4n) is 2.09. The Morgan fingerprint density at radius 3 is 2.72 bits per heavy atom. The lowest BCUT2D eigenvalue weighted by atomic mass is 10.1. The first-order chi connectivity index (χ1) is 8.83. The van der Waals surface area contributed by atoms with Crippen molar-refractivity contribution in [2.75, 3.05) is 6.61 Å². The standard InChI is InChI=1S/C15H13IOS/c16-13-6-2-3-7-14(13)17-10-12-9-11-5-1-4-8-15(11)18-12/h1-8,12H,9-10H2. The third-order valence-corrected chi connectivity index (χ3v) is 5.15. The van der Waals surface area contributed by atoms with Gasteiger partial charge in [0, 0.05) is 10.1 Å². The molecule has 0 aromatic heterocycles. The van der Waals surface area contributed by atoms with Crippen LogP contribution in [-0.4, -0.2) is 11.9 Å². The minimum absolute atomic E-state index is 0.540. The number of ether oxygens (including phenoxy) is 1. The minimum Gasteiger partial charge on any atom is -0.491 e. The molecule has 1 atom stereocenters. The van der Waals surface area contributed by atoms with Crippen LogP contribution in [0.25, 0.3) is 0 Å².